The quantitative estimate of drug-likeness (QED) is 0.635. The second kappa shape index (κ2) is 3.08. The first-order valence-electron chi connectivity index (χ1n) is 5.87. The lowest BCUT2D eigenvalue weighted by molar-refractivity contribution is 0.130. The number of aryl methyl sites for hydroxylation is 1. The van der Waals surface area contributed by atoms with Crippen LogP contribution in [0.1, 0.15) is 24.1 Å². The van der Waals surface area contributed by atoms with E-state index in [4.69, 9.17) is 0 Å². The number of likely N-dealkylation sites (tertiary alicyclic amines) is 1. The number of hydrogen-bond donors (Lipinski definition) is 0. The molecule has 0 amide bonds. The van der Waals surface area contributed by atoms with Crippen LogP contribution in [0.5, 0.6) is 0 Å². The van der Waals surface area contributed by atoms with Crippen molar-refractivity contribution in [2.75, 3.05) is 20.1 Å². The molecule has 1 aromatic heterocycles. The minimum absolute atomic E-state index is 0.568. The monoisotopic (exact) mass is 205 g/mol. The van der Waals surface area contributed by atoms with Crippen molar-refractivity contribution in [3.05, 3.63) is 17.5 Å². The first-order chi connectivity index (χ1) is 7.17. The van der Waals surface area contributed by atoms with Crippen molar-refractivity contribution in [2.24, 2.45) is 12.5 Å². The average Bonchev–Trinajstić information content (AvgIpc) is 2.65. The van der Waals surface area contributed by atoms with Gasteiger partial charge in [0.05, 0.1) is 5.69 Å². The van der Waals surface area contributed by atoms with Gasteiger partial charge in [-0.2, -0.15) is 5.10 Å². The van der Waals surface area contributed by atoms with Gasteiger partial charge in [-0.05, 0) is 56.8 Å². The van der Waals surface area contributed by atoms with Crippen LogP contribution in [0, 0.1) is 5.41 Å². The zero-order chi connectivity index (χ0) is 10.5. The minimum atomic E-state index is 0.568. The van der Waals surface area contributed by atoms with Gasteiger partial charge in [0, 0.05) is 13.2 Å². The highest BCUT2D eigenvalue weighted by molar-refractivity contribution is 5.27. The van der Waals surface area contributed by atoms with Gasteiger partial charge >= 0.3 is 0 Å². The van der Waals surface area contributed by atoms with Gasteiger partial charge in [0.2, 0.25) is 0 Å². The van der Waals surface area contributed by atoms with Gasteiger partial charge in [0.25, 0.3) is 0 Å². The largest absolute Gasteiger partial charge is 0.306 e. The zero-order valence-corrected chi connectivity index (χ0v) is 9.66. The first-order valence-corrected chi connectivity index (χ1v) is 5.87. The van der Waals surface area contributed by atoms with E-state index in [2.05, 4.69) is 23.2 Å². The topological polar surface area (TPSA) is 21.1 Å². The van der Waals surface area contributed by atoms with Gasteiger partial charge in [-0.1, -0.05) is 0 Å². The Kier molecular flexibility index (Phi) is 1.93. The Labute approximate surface area is 91.1 Å². The Balaban J connectivity index is 1.80. The molecule has 1 aromatic rings. The summed E-state index contributed by atoms with van der Waals surface area (Å²) in [6.07, 6.45) is 7.40. The predicted octanol–water partition coefficient (Wildman–Crippen LogP) is 1.23. The van der Waals surface area contributed by atoms with Crippen molar-refractivity contribution in [3.8, 4) is 0 Å². The molecule has 0 bridgehead atoms. The summed E-state index contributed by atoms with van der Waals surface area (Å²) in [7, 11) is 4.26. The van der Waals surface area contributed by atoms with E-state index in [1.165, 1.54) is 50.0 Å². The first kappa shape index (κ1) is 9.40. The highest BCUT2D eigenvalue weighted by atomic mass is 15.3. The van der Waals surface area contributed by atoms with Gasteiger partial charge in [-0.15, -0.1) is 0 Å². The summed E-state index contributed by atoms with van der Waals surface area (Å²) in [5.74, 6) is 0. The fourth-order valence-electron chi connectivity index (χ4n) is 3.15. The standard InChI is InChI=1S/C12H19N3/c1-14-5-3-12(4-6-14)7-10-9-15(2)13-11(10)8-12/h9H,3-8H2,1-2H3. The molecule has 2 heterocycles. The molecule has 1 aliphatic heterocycles. The maximum Gasteiger partial charge on any atom is 0.0662 e. The second-order valence-electron chi connectivity index (χ2n) is 5.43. The molecule has 3 nitrogen and oxygen atoms in total. The number of fused-ring (bicyclic) bond motifs is 1. The lowest BCUT2D eigenvalue weighted by Crippen LogP contribution is -2.38. The van der Waals surface area contributed by atoms with Crippen molar-refractivity contribution in [1.29, 1.82) is 0 Å². The van der Waals surface area contributed by atoms with Gasteiger partial charge in [0.15, 0.2) is 0 Å². The van der Waals surface area contributed by atoms with E-state index in [0.29, 0.717) is 5.41 Å². The normalized spacial score (nSPS) is 24.7. The second-order valence-corrected chi connectivity index (χ2v) is 5.43. The molecule has 0 radical (unpaired) electrons. The SMILES string of the molecule is CN1CCC2(CC1)Cc1cn(C)nc1C2. The van der Waals surface area contributed by atoms with Crippen molar-refractivity contribution < 1.29 is 0 Å². The van der Waals surface area contributed by atoms with Crippen LogP contribution in [0.4, 0.5) is 0 Å². The van der Waals surface area contributed by atoms with Gasteiger partial charge < -0.3 is 4.90 Å². The van der Waals surface area contributed by atoms with Gasteiger partial charge in [0.1, 0.15) is 0 Å². The van der Waals surface area contributed by atoms with Crippen molar-refractivity contribution >= 4 is 0 Å². The molecule has 0 aromatic carbocycles. The molecular weight excluding hydrogens is 186 g/mol. The summed E-state index contributed by atoms with van der Waals surface area (Å²) >= 11 is 0. The zero-order valence-electron chi connectivity index (χ0n) is 9.66. The van der Waals surface area contributed by atoms with Gasteiger partial charge in [-0.25, -0.2) is 0 Å². The summed E-state index contributed by atoms with van der Waals surface area (Å²) in [5.41, 5.74) is 3.43. The predicted molar refractivity (Wildman–Crippen MR) is 59.8 cm³/mol. The fourth-order valence-corrected chi connectivity index (χ4v) is 3.15. The number of aromatic nitrogens is 2. The smallest absolute Gasteiger partial charge is 0.0662 e. The van der Waals surface area contributed by atoms with E-state index in [9.17, 15) is 0 Å². The highest BCUT2D eigenvalue weighted by Crippen LogP contribution is 2.43. The maximum atomic E-state index is 4.56. The number of hydrogen-bond acceptors (Lipinski definition) is 2. The Hall–Kier alpha value is -0.830. The Bertz CT molecular complexity index is 347. The Morgan fingerprint density at radius 2 is 1.93 bits per heavy atom. The van der Waals surface area contributed by atoms with Gasteiger partial charge in [-0.3, -0.25) is 4.68 Å². The van der Waals surface area contributed by atoms with E-state index >= 15 is 0 Å². The van der Waals surface area contributed by atoms with Crippen molar-refractivity contribution in [1.82, 2.24) is 14.7 Å². The van der Waals surface area contributed by atoms with Crippen LogP contribution in [-0.4, -0.2) is 34.8 Å². The summed E-state index contributed by atoms with van der Waals surface area (Å²) in [6.45, 7) is 2.52. The van der Waals surface area contributed by atoms with Crippen LogP contribution in [0.25, 0.3) is 0 Å². The summed E-state index contributed by atoms with van der Waals surface area (Å²) in [6, 6.07) is 0. The third-order valence-corrected chi connectivity index (χ3v) is 4.15. The molecule has 3 rings (SSSR count). The van der Waals surface area contributed by atoms with Crippen LogP contribution in [-0.2, 0) is 19.9 Å². The third-order valence-electron chi connectivity index (χ3n) is 4.15. The molecule has 82 valence electrons. The maximum absolute atomic E-state index is 4.56. The molecule has 15 heavy (non-hydrogen) atoms. The van der Waals surface area contributed by atoms with E-state index in [0.717, 1.165) is 0 Å². The molecule has 1 aliphatic carbocycles. The number of nitrogens with zero attached hydrogens (tertiary/aromatic N) is 3. The fraction of sp³-hybridized carbons (Fsp3) is 0.750. The lowest BCUT2D eigenvalue weighted by Gasteiger charge is -2.37. The number of rotatable bonds is 0. The molecule has 1 fully saturated rings. The van der Waals surface area contributed by atoms with E-state index in [-0.39, 0.29) is 0 Å². The molecule has 1 spiro atoms. The van der Waals surface area contributed by atoms with Crippen LogP contribution >= 0.6 is 0 Å². The number of piperidine rings is 1. The Morgan fingerprint density at radius 1 is 1.20 bits per heavy atom. The highest BCUT2D eigenvalue weighted by Gasteiger charge is 2.40. The molecule has 0 saturated carbocycles. The van der Waals surface area contributed by atoms with Crippen LogP contribution < -0.4 is 0 Å². The van der Waals surface area contributed by atoms with Crippen LogP contribution in [0.3, 0.4) is 0 Å². The van der Waals surface area contributed by atoms with Crippen LogP contribution in [0.2, 0.25) is 0 Å². The summed E-state index contributed by atoms with van der Waals surface area (Å²) < 4.78 is 1.96. The van der Waals surface area contributed by atoms with E-state index in [1.54, 1.807) is 0 Å². The molecule has 0 unspecified atom stereocenters. The third kappa shape index (κ3) is 1.49. The molecule has 3 heteroatoms. The van der Waals surface area contributed by atoms with Crippen LogP contribution in [0.15, 0.2) is 6.20 Å². The molecule has 0 N–H and O–H groups in total. The van der Waals surface area contributed by atoms with Crippen molar-refractivity contribution in [3.63, 3.8) is 0 Å². The molecular formula is C12H19N3. The summed E-state index contributed by atoms with van der Waals surface area (Å²) in [4.78, 5) is 2.45. The minimum Gasteiger partial charge on any atom is -0.306 e. The Morgan fingerprint density at radius 3 is 2.60 bits per heavy atom. The molecule has 2 aliphatic rings. The lowest BCUT2D eigenvalue weighted by atomic mass is 9.76. The summed E-state index contributed by atoms with van der Waals surface area (Å²) in [5, 5.41) is 4.56. The van der Waals surface area contributed by atoms with Crippen molar-refractivity contribution in [2.45, 2.75) is 25.7 Å². The molecule has 1 saturated heterocycles. The van der Waals surface area contributed by atoms with E-state index < -0.39 is 0 Å². The average molecular weight is 205 g/mol. The molecule has 0 atom stereocenters. The van der Waals surface area contributed by atoms with E-state index in [1.807, 2.05) is 11.7 Å².